The maximum Gasteiger partial charge on any atom is 0.280 e. The Bertz CT molecular complexity index is 941. The van der Waals surface area contributed by atoms with E-state index in [0.717, 1.165) is 22.6 Å². The van der Waals surface area contributed by atoms with Crippen LogP contribution in [-0.4, -0.2) is 17.1 Å². The van der Waals surface area contributed by atoms with Crippen molar-refractivity contribution in [1.29, 1.82) is 0 Å². The lowest BCUT2D eigenvalue weighted by atomic mass is 10.1. The van der Waals surface area contributed by atoms with E-state index in [1.165, 1.54) is 17.8 Å². The second-order valence-electron chi connectivity index (χ2n) is 6.30. The number of aryl methyl sites for hydroxylation is 1. The predicted octanol–water partition coefficient (Wildman–Crippen LogP) is 5.14. The van der Waals surface area contributed by atoms with Gasteiger partial charge in [-0.25, -0.2) is 24.2 Å². The molecule has 2 N–H and O–H groups in total. The van der Waals surface area contributed by atoms with Crippen molar-refractivity contribution in [3.8, 4) is 5.75 Å². The smallest absolute Gasteiger partial charge is 0.280 e. The molecular formula is C21H22F2N4OS. The highest BCUT2D eigenvalue weighted by Crippen LogP contribution is 2.28. The minimum atomic E-state index is -2.61. The number of rotatable bonds is 9. The fraction of sp³-hybridized carbons (Fsp3) is 0.238. The minimum absolute atomic E-state index is 0.253. The first-order chi connectivity index (χ1) is 14.0. The third-order valence-corrected chi connectivity index (χ3v) is 4.97. The van der Waals surface area contributed by atoms with E-state index in [0.29, 0.717) is 23.1 Å². The summed E-state index contributed by atoms with van der Waals surface area (Å²) in [7, 11) is 1.61. The first-order valence-corrected chi connectivity index (χ1v) is 10.00. The average molecular weight is 416 g/mol. The van der Waals surface area contributed by atoms with E-state index < -0.39 is 6.43 Å². The zero-order valence-electron chi connectivity index (χ0n) is 16.2. The lowest BCUT2D eigenvalue weighted by Crippen LogP contribution is -2.20. The molecule has 0 bridgehead atoms. The van der Waals surface area contributed by atoms with E-state index in [4.69, 9.17) is 4.74 Å². The molecular weight excluding hydrogens is 394 g/mol. The van der Waals surface area contributed by atoms with Crippen molar-refractivity contribution < 1.29 is 13.5 Å². The van der Waals surface area contributed by atoms with Crippen LogP contribution in [0.25, 0.3) is 0 Å². The SMILES string of the molecule is COc1ccc(CNNc2ccccc2)cc1CSc1nc(C)cc(C(F)F)n1. The topological polar surface area (TPSA) is 59.1 Å². The summed E-state index contributed by atoms with van der Waals surface area (Å²) < 4.78 is 31.4. The molecule has 8 heteroatoms. The molecule has 3 aromatic rings. The number of halogens is 2. The van der Waals surface area contributed by atoms with Crippen LogP contribution in [0, 0.1) is 6.92 Å². The van der Waals surface area contributed by atoms with Crippen LogP contribution in [0.4, 0.5) is 14.5 Å². The lowest BCUT2D eigenvalue weighted by Gasteiger charge is -2.12. The minimum Gasteiger partial charge on any atom is -0.496 e. The number of anilines is 1. The van der Waals surface area contributed by atoms with E-state index in [9.17, 15) is 8.78 Å². The summed E-state index contributed by atoms with van der Waals surface area (Å²) in [6.45, 7) is 2.29. The molecule has 1 aromatic heterocycles. The Morgan fingerprint density at radius 2 is 1.86 bits per heavy atom. The molecule has 0 fully saturated rings. The van der Waals surface area contributed by atoms with Crippen molar-refractivity contribution in [3.05, 3.63) is 77.1 Å². The van der Waals surface area contributed by atoms with Gasteiger partial charge in [-0.15, -0.1) is 0 Å². The first kappa shape index (κ1) is 21.0. The second kappa shape index (κ2) is 10.2. The summed E-state index contributed by atoms with van der Waals surface area (Å²) in [5, 5.41) is 0.330. The number of thioether (sulfide) groups is 1. The quantitative estimate of drug-likeness (QED) is 0.286. The zero-order valence-corrected chi connectivity index (χ0v) is 17.0. The summed E-state index contributed by atoms with van der Waals surface area (Å²) in [6.07, 6.45) is -2.61. The highest BCUT2D eigenvalue weighted by atomic mass is 32.2. The summed E-state index contributed by atoms with van der Waals surface area (Å²) in [6, 6.07) is 17.0. The Hall–Kier alpha value is -2.71. The Kier molecular flexibility index (Phi) is 7.37. The van der Waals surface area contributed by atoms with Gasteiger partial charge in [-0.05, 0) is 42.8 Å². The van der Waals surface area contributed by atoms with Gasteiger partial charge in [0.1, 0.15) is 11.4 Å². The van der Waals surface area contributed by atoms with Crippen LogP contribution in [-0.2, 0) is 12.3 Å². The Balaban J connectivity index is 1.66. The maximum absolute atomic E-state index is 13.0. The van der Waals surface area contributed by atoms with Crippen molar-refractivity contribution in [2.24, 2.45) is 0 Å². The Morgan fingerprint density at radius 1 is 1.07 bits per heavy atom. The molecule has 0 aliphatic heterocycles. The molecule has 0 spiro atoms. The molecule has 0 unspecified atom stereocenters. The predicted molar refractivity (Wildman–Crippen MR) is 111 cm³/mol. The highest BCUT2D eigenvalue weighted by Gasteiger charge is 2.13. The van der Waals surface area contributed by atoms with Crippen molar-refractivity contribution in [1.82, 2.24) is 15.4 Å². The van der Waals surface area contributed by atoms with Gasteiger partial charge in [-0.1, -0.05) is 36.0 Å². The van der Waals surface area contributed by atoms with Crippen molar-refractivity contribution in [2.75, 3.05) is 12.5 Å². The number of ether oxygens (including phenoxy) is 1. The summed E-state index contributed by atoms with van der Waals surface area (Å²) in [4.78, 5) is 8.20. The molecule has 0 atom stereocenters. The molecule has 0 aliphatic carbocycles. The molecule has 3 rings (SSSR count). The van der Waals surface area contributed by atoms with Crippen molar-refractivity contribution in [3.63, 3.8) is 0 Å². The maximum atomic E-state index is 13.0. The van der Waals surface area contributed by atoms with E-state index in [1.54, 1.807) is 14.0 Å². The van der Waals surface area contributed by atoms with Gasteiger partial charge in [-0.3, -0.25) is 0 Å². The monoisotopic (exact) mass is 416 g/mol. The summed E-state index contributed by atoms with van der Waals surface area (Å²) in [5.41, 5.74) is 9.57. The van der Waals surface area contributed by atoms with Crippen molar-refractivity contribution >= 4 is 17.4 Å². The highest BCUT2D eigenvalue weighted by molar-refractivity contribution is 7.98. The van der Waals surface area contributed by atoms with Crippen LogP contribution in [0.3, 0.4) is 0 Å². The number of hydrazine groups is 1. The number of nitrogens with zero attached hydrogens (tertiary/aromatic N) is 2. The summed E-state index contributed by atoms with van der Waals surface area (Å²) >= 11 is 1.31. The van der Waals surface area contributed by atoms with Crippen LogP contribution >= 0.6 is 11.8 Å². The average Bonchev–Trinajstić information content (AvgIpc) is 2.72. The Morgan fingerprint density at radius 3 is 2.59 bits per heavy atom. The van der Waals surface area contributed by atoms with Gasteiger partial charge in [0.05, 0.1) is 7.11 Å². The molecule has 0 saturated carbocycles. The van der Waals surface area contributed by atoms with Crippen LogP contribution < -0.4 is 15.6 Å². The van der Waals surface area contributed by atoms with E-state index in [-0.39, 0.29) is 5.69 Å². The normalized spacial score (nSPS) is 10.9. The number of hydrogen-bond donors (Lipinski definition) is 2. The third kappa shape index (κ3) is 6.13. The molecule has 29 heavy (non-hydrogen) atoms. The van der Waals surface area contributed by atoms with Gasteiger partial charge < -0.3 is 10.2 Å². The van der Waals surface area contributed by atoms with Gasteiger partial charge in [0.15, 0.2) is 5.16 Å². The van der Waals surface area contributed by atoms with Crippen LogP contribution in [0.5, 0.6) is 5.75 Å². The molecule has 1 heterocycles. The zero-order chi connectivity index (χ0) is 20.6. The van der Waals surface area contributed by atoms with Crippen LogP contribution in [0.1, 0.15) is 28.9 Å². The second-order valence-corrected chi connectivity index (χ2v) is 7.24. The number of aromatic nitrogens is 2. The van der Waals surface area contributed by atoms with E-state index in [1.807, 2.05) is 48.5 Å². The van der Waals surface area contributed by atoms with Gasteiger partial charge in [0, 0.05) is 29.2 Å². The number of hydrogen-bond acceptors (Lipinski definition) is 6. The van der Waals surface area contributed by atoms with Crippen LogP contribution in [0.15, 0.2) is 59.8 Å². The van der Waals surface area contributed by atoms with Crippen LogP contribution in [0.2, 0.25) is 0 Å². The fourth-order valence-corrected chi connectivity index (χ4v) is 3.60. The molecule has 152 valence electrons. The summed E-state index contributed by atoms with van der Waals surface area (Å²) in [5.74, 6) is 1.24. The number of methoxy groups -OCH3 is 1. The fourth-order valence-electron chi connectivity index (χ4n) is 2.71. The van der Waals surface area contributed by atoms with Gasteiger partial charge >= 0.3 is 0 Å². The van der Waals surface area contributed by atoms with Crippen molar-refractivity contribution in [2.45, 2.75) is 30.8 Å². The number of nitrogens with one attached hydrogen (secondary N) is 2. The van der Waals surface area contributed by atoms with E-state index in [2.05, 4.69) is 20.8 Å². The lowest BCUT2D eigenvalue weighted by molar-refractivity contribution is 0.145. The molecule has 0 saturated heterocycles. The van der Waals surface area contributed by atoms with Gasteiger partial charge in [-0.2, -0.15) is 0 Å². The largest absolute Gasteiger partial charge is 0.496 e. The molecule has 2 aromatic carbocycles. The van der Waals surface area contributed by atoms with Gasteiger partial charge in [0.25, 0.3) is 6.43 Å². The standard InChI is InChI=1S/C21H22F2N4OS/c1-14-10-18(20(22)23)26-21(25-14)29-13-16-11-15(8-9-19(16)28-2)12-24-27-17-6-4-3-5-7-17/h3-11,20,24,27H,12-13H2,1-2H3. The number of alkyl halides is 2. The molecule has 5 nitrogen and oxygen atoms in total. The number of para-hydroxylation sites is 1. The molecule has 0 aliphatic rings. The molecule has 0 amide bonds. The first-order valence-electron chi connectivity index (χ1n) is 9.01. The Labute approximate surface area is 172 Å². The van der Waals surface area contributed by atoms with Gasteiger partial charge in [0.2, 0.25) is 0 Å². The number of benzene rings is 2. The molecule has 0 radical (unpaired) electrons. The third-order valence-electron chi connectivity index (χ3n) is 4.08. The van der Waals surface area contributed by atoms with E-state index >= 15 is 0 Å².